The fourth-order valence-corrected chi connectivity index (χ4v) is 3.00. The SMILES string of the molecule is O=C(O)CNCC1CCCN(C(=O)c2cccc(Br)c2)C1. The lowest BCUT2D eigenvalue weighted by atomic mass is 9.97. The molecule has 0 aromatic heterocycles. The van der Waals surface area contributed by atoms with E-state index in [1.54, 1.807) is 0 Å². The largest absolute Gasteiger partial charge is 0.480 e. The molecule has 0 aliphatic carbocycles. The summed E-state index contributed by atoms with van der Waals surface area (Å²) in [7, 11) is 0. The number of hydrogen-bond donors (Lipinski definition) is 2. The Bertz CT molecular complexity index is 521. The van der Waals surface area contributed by atoms with Crippen LogP contribution in [0.15, 0.2) is 28.7 Å². The number of piperidine rings is 1. The molecular weight excluding hydrogens is 336 g/mol. The Morgan fingerprint density at radius 3 is 2.95 bits per heavy atom. The van der Waals surface area contributed by atoms with E-state index >= 15 is 0 Å². The smallest absolute Gasteiger partial charge is 0.317 e. The molecule has 21 heavy (non-hydrogen) atoms. The van der Waals surface area contributed by atoms with Gasteiger partial charge in [-0.15, -0.1) is 0 Å². The number of nitrogens with one attached hydrogen (secondary N) is 1. The lowest BCUT2D eigenvalue weighted by molar-refractivity contribution is -0.136. The third-order valence-corrected chi connectivity index (χ3v) is 4.08. The molecule has 0 saturated carbocycles. The maximum absolute atomic E-state index is 12.5. The van der Waals surface area contributed by atoms with Gasteiger partial charge in [0.25, 0.3) is 5.91 Å². The van der Waals surface area contributed by atoms with Crippen LogP contribution in [-0.4, -0.2) is 48.1 Å². The number of nitrogens with zero attached hydrogens (tertiary/aromatic N) is 1. The van der Waals surface area contributed by atoms with E-state index in [9.17, 15) is 9.59 Å². The molecule has 0 bridgehead atoms. The van der Waals surface area contributed by atoms with Crippen LogP contribution in [0.2, 0.25) is 0 Å². The van der Waals surface area contributed by atoms with Gasteiger partial charge < -0.3 is 15.3 Å². The van der Waals surface area contributed by atoms with Crippen molar-refractivity contribution in [1.29, 1.82) is 0 Å². The van der Waals surface area contributed by atoms with E-state index in [-0.39, 0.29) is 12.5 Å². The van der Waals surface area contributed by atoms with E-state index in [2.05, 4.69) is 21.2 Å². The number of halogens is 1. The minimum absolute atomic E-state index is 0.0317. The Morgan fingerprint density at radius 1 is 1.43 bits per heavy atom. The minimum Gasteiger partial charge on any atom is -0.480 e. The molecule has 1 aliphatic rings. The third-order valence-electron chi connectivity index (χ3n) is 3.59. The van der Waals surface area contributed by atoms with E-state index in [0.717, 1.165) is 23.9 Å². The zero-order valence-electron chi connectivity index (χ0n) is 11.7. The molecule has 1 unspecified atom stereocenters. The number of hydrogen-bond acceptors (Lipinski definition) is 3. The summed E-state index contributed by atoms with van der Waals surface area (Å²) >= 11 is 3.38. The summed E-state index contributed by atoms with van der Waals surface area (Å²) in [5, 5.41) is 11.5. The van der Waals surface area contributed by atoms with E-state index in [0.29, 0.717) is 24.6 Å². The van der Waals surface area contributed by atoms with Crippen LogP contribution in [0.4, 0.5) is 0 Å². The molecule has 1 aromatic rings. The zero-order chi connectivity index (χ0) is 15.2. The van der Waals surface area contributed by atoms with Crippen molar-refractivity contribution >= 4 is 27.8 Å². The molecule has 1 fully saturated rings. The second kappa shape index (κ2) is 7.56. The second-order valence-electron chi connectivity index (χ2n) is 5.29. The van der Waals surface area contributed by atoms with Crippen LogP contribution < -0.4 is 5.32 Å². The Balaban J connectivity index is 1.91. The average Bonchev–Trinajstić information content (AvgIpc) is 2.46. The van der Waals surface area contributed by atoms with Crippen LogP contribution in [0.25, 0.3) is 0 Å². The lowest BCUT2D eigenvalue weighted by Gasteiger charge is -2.33. The number of benzene rings is 1. The van der Waals surface area contributed by atoms with Crippen LogP contribution in [-0.2, 0) is 4.79 Å². The van der Waals surface area contributed by atoms with Crippen LogP contribution in [0, 0.1) is 5.92 Å². The van der Waals surface area contributed by atoms with Gasteiger partial charge in [0.15, 0.2) is 0 Å². The molecule has 5 nitrogen and oxygen atoms in total. The predicted octanol–water partition coefficient (Wildman–Crippen LogP) is 1.98. The summed E-state index contributed by atoms with van der Waals surface area (Å²) in [5.74, 6) is -0.499. The number of amides is 1. The number of carbonyl (C=O) groups excluding carboxylic acids is 1. The summed E-state index contributed by atoms with van der Waals surface area (Å²) in [6.07, 6.45) is 1.98. The van der Waals surface area contributed by atoms with Crippen molar-refractivity contribution in [2.24, 2.45) is 5.92 Å². The molecular formula is C15H19BrN2O3. The molecule has 6 heteroatoms. The fourth-order valence-electron chi connectivity index (χ4n) is 2.60. The van der Waals surface area contributed by atoms with E-state index in [1.165, 1.54) is 0 Å². The lowest BCUT2D eigenvalue weighted by Crippen LogP contribution is -2.43. The minimum atomic E-state index is -0.854. The molecule has 0 spiro atoms. The molecule has 1 heterocycles. The van der Waals surface area contributed by atoms with E-state index in [1.807, 2.05) is 29.2 Å². The predicted molar refractivity (Wildman–Crippen MR) is 83.3 cm³/mol. The number of carboxylic acids is 1. The average molecular weight is 355 g/mol. The van der Waals surface area contributed by atoms with Gasteiger partial charge in [0, 0.05) is 29.7 Å². The first-order chi connectivity index (χ1) is 10.1. The van der Waals surface area contributed by atoms with E-state index < -0.39 is 5.97 Å². The molecule has 1 aliphatic heterocycles. The van der Waals surface area contributed by atoms with Gasteiger partial charge in [-0.2, -0.15) is 0 Å². The highest BCUT2D eigenvalue weighted by Gasteiger charge is 2.24. The van der Waals surface area contributed by atoms with Crippen molar-refractivity contribution in [3.8, 4) is 0 Å². The maximum Gasteiger partial charge on any atom is 0.317 e. The summed E-state index contributed by atoms with van der Waals surface area (Å²) in [5.41, 5.74) is 0.684. The van der Waals surface area contributed by atoms with Crippen LogP contribution in [0.5, 0.6) is 0 Å². The van der Waals surface area contributed by atoms with Crippen LogP contribution in [0.1, 0.15) is 23.2 Å². The quantitative estimate of drug-likeness (QED) is 0.848. The van der Waals surface area contributed by atoms with Crippen molar-refractivity contribution < 1.29 is 14.7 Å². The zero-order valence-corrected chi connectivity index (χ0v) is 13.3. The molecule has 1 aromatic carbocycles. The van der Waals surface area contributed by atoms with Gasteiger partial charge in [0.05, 0.1) is 6.54 Å². The van der Waals surface area contributed by atoms with E-state index in [4.69, 9.17) is 5.11 Å². The van der Waals surface area contributed by atoms with Gasteiger partial charge in [0.2, 0.25) is 0 Å². The Labute approximate surface area is 132 Å². The molecule has 1 amide bonds. The summed E-state index contributed by atoms with van der Waals surface area (Å²) < 4.78 is 0.894. The van der Waals surface area contributed by atoms with Gasteiger partial charge in [-0.1, -0.05) is 22.0 Å². The Kier molecular flexibility index (Phi) is 5.76. The highest BCUT2D eigenvalue weighted by Crippen LogP contribution is 2.19. The normalized spacial score (nSPS) is 18.5. The number of aliphatic carboxylic acids is 1. The van der Waals surface area contributed by atoms with Crippen molar-refractivity contribution in [2.45, 2.75) is 12.8 Å². The first-order valence-electron chi connectivity index (χ1n) is 7.03. The number of carboxylic acid groups (broad SMARTS) is 1. The highest BCUT2D eigenvalue weighted by molar-refractivity contribution is 9.10. The standard InChI is InChI=1S/C15H19BrN2O3/c16-13-5-1-4-12(7-13)15(21)18-6-2-3-11(10-18)8-17-9-14(19)20/h1,4-5,7,11,17H,2-3,6,8-10H2,(H,19,20). The molecule has 2 rings (SSSR count). The summed E-state index contributed by atoms with van der Waals surface area (Å²) in [4.78, 5) is 24.8. The van der Waals surface area contributed by atoms with Crippen LogP contribution >= 0.6 is 15.9 Å². The topological polar surface area (TPSA) is 69.6 Å². The molecule has 0 radical (unpaired) electrons. The number of likely N-dealkylation sites (tertiary alicyclic amines) is 1. The fraction of sp³-hybridized carbons (Fsp3) is 0.467. The van der Waals surface area contributed by atoms with Gasteiger partial charge in [-0.05, 0) is 37.0 Å². The summed E-state index contributed by atoms with van der Waals surface area (Å²) in [6, 6.07) is 7.40. The van der Waals surface area contributed by atoms with Gasteiger partial charge >= 0.3 is 5.97 Å². The molecule has 2 N–H and O–H groups in total. The van der Waals surface area contributed by atoms with Crippen molar-refractivity contribution in [3.05, 3.63) is 34.3 Å². The van der Waals surface area contributed by atoms with Crippen molar-refractivity contribution in [1.82, 2.24) is 10.2 Å². The third kappa shape index (κ3) is 4.82. The van der Waals surface area contributed by atoms with Gasteiger partial charge in [0.1, 0.15) is 0 Å². The first-order valence-corrected chi connectivity index (χ1v) is 7.83. The molecule has 1 saturated heterocycles. The number of rotatable bonds is 5. The van der Waals surface area contributed by atoms with Crippen molar-refractivity contribution in [2.75, 3.05) is 26.2 Å². The highest BCUT2D eigenvalue weighted by atomic mass is 79.9. The molecule has 1 atom stereocenters. The van der Waals surface area contributed by atoms with Crippen molar-refractivity contribution in [3.63, 3.8) is 0 Å². The summed E-state index contributed by atoms with van der Waals surface area (Å²) in [6.45, 7) is 2.05. The molecule has 114 valence electrons. The first kappa shape index (κ1) is 16.0. The number of carbonyl (C=O) groups is 2. The van der Waals surface area contributed by atoms with Crippen LogP contribution in [0.3, 0.4) is 0 Å². The second-order valence-corrected chi connectivity index (χ2v) is 6.21. The monoisotopic (exact) mass is 354 g/mol. The van der Waals surface area contributed by atoms with Gasteiger partial charge in [-0.3, -0.25) is 9.59 Å². The Morgan fingerprint density at radius 2 is 2.24 bits per heavy atom. The maximum atomic E-state index is 12.5. The van der Waals surface area contributed by atoms with Gasteiger partial charge in [-0.25, -0.2) is 0 Å². The Hall–Kier alpha value is -1.40.